The summed E-state index contributed by atoms with van der Waals surface area (Å²) >= 11 is 0. The molecule has 2 aliphatic rings. The molecule has 0 unspecified atom stereocenters. The lowest BCUT2D eigenvalue weighted by atomic mass is 9.96. The Kier molecular flexibility index (Phi) is 9.71. The molecule has 26 heavy (non-hydrogen) atoms. The number of nitrogens with zero attached hydrogens (tertiary/aromatic N) is 3. The van der Waals surface area contributed by atoms with Gasteiger partial charge in [-0.25, -0.2) is 0 Å². The van der Waals surface area contributed by atoms with E-state index in [0.717, 1.165) is 45.8 Å². The minimum absolute atomic E-state index is 0. The first-order valence-electron chi connectivity index (χ1n) is 9.85. The van der Waals surface area contributed by atoms with Crippen LogP contribution < -0.4 is 11.1 Å². The quantitative estimate of drug-likeness (QED) is 0.381. The largest absolute Gasteiger partial charge is 0.370 e. The van der Waals surface area contributed by atoms with Gasteiger partial charge >= 0.3 is 0 Å². The van der Waals surface area contributed by atoms with E-state index in [2.05, 4.69) is 50.4 Å². The molecule has 1 heterocycles. The van der Waals surface area contributed by atoms with E-state index in [-0.39, 0.29) is 24.0 Å². The van der Waals surface area contributed by atoms with Crippen LogP contribution in [-0.4, -0.2) is 61.1 Å². The molecular weight excluding hydrogens is 437 g/mol. The maximum atomic E-state index is 6.04. The van der Waals surface area contributed by atoms with Crippen LogP contribution in [0.4, 0.5) is 0 Å². The Hall–Kier alpha value is -0.860. The fourth-order valence-corrected chi connectivity index (χ4v) is 3.83. The highest BCUT2D eigenvalue weighted by Gasteiger charge is 2.17. The zero-order valence-corrected chi connectivity index (χ0v) is 18.1. The van der Waals surface area contributed by atoms with Gasteiger partial charge in [0, 0.05) is 45.3 Å². The first-order valence-corrected chi connectivity index (χ1v) is 9.85. The van der Waals surface area contributed by atoms with Crippen LogP contribution in [-0.2, 0) is 6.54 Å². The Balaban J connectivity index is 0.00000243. The van der Waals surface area contributed by atoms with Gasteiger partial charge in [-0.15, -0.1) is 24.0 Å². The van der Waals surface area contributed by atoms with Gasteiger partial charge in [-0.3, -0.25) is 14.8 Å². The van der Waals surface area contributed by atoms with Gasteiger partial charge in [0.1, 0.15) is 0 Å². The fraction of sp³-hybridized carbons (Fsp3) is 0.650. The van der Waals surface area contributed by atoms with Crippen molar-refractivity contribution in [2.24, 2.45) is 10.7 Å². The molecule has 6 heteroatoms. The second-order valence-electron chi connectivity index (χ2n) is 7.35. The number of rotatable bonds is 6. The number of guanidine groups is 1. The highest BCUT2D eigenvalue weighted by atomic mass is 127. The van der Waals surface area contributed by atoms with Crippen molar-refractivity contribution in [3.8, 4) is 0 Å². The molecule has 2 fully saturated rings. The van der Waals surface area contributed by atoms with Crippen molar-refractivity contribution in [1.82, 2.24) is 15.1 Å². The molecule has 1 aliphatic heterocycles. The molecule has 0 atom stereocenters. The summed E-state index contributed by atoms with van der Waals surface area (Å²) in [5.41, 5.74) is 7.45. The molecule has 5 nitrogen and oxygen atoms in total. The van der Waals surface area contributed by atoms with Crippen LogP contribution in [0, 0.1) is 0 Å². The smallest absolute Gasteiger partial charge is 0.188 e. The van der Waals surface area contributed by atoms with Crippen molar-refractivity contribution < 1.29 is 0 Å². The summed E-state index contributed by atoms with van der Waals surface area (Å²) in [6.45, 7) is 7.38. The average Bonchev–Trinajstić information content (AvgIpc) is 2.65. The van der Waals surface area contributed by atoms with E-state index in [1.165, 1.54) is 37.7 Å². The Morgan fingerprint density at radius 1 is 1.00 bits per heavy atom. The van der Waals surface area contributed by atoms with Crippen LogP contribution in [0.2, 0.25) is 0 Å². The minimum Gasteiger partial charge on any atom is -0.370 e. The van der Waals surface area contributed by atoms with Gasteiger partial charge in [-0.05, 0) is 18.4 Å². The van der Waals surface area contributed by atoms with E-state index in [9.17, 15) is 0 Å². The fourth-order valence-electron chi connectivity index (χ4n) is 3.83. The molecule has 0 spiro atoms. The second-order valence-corrected chi connectivity index (χ2v) is 7.35. The van der Waals surface area contributed by atoms with Gasteiger partial charge in [-0.1, -0.05) is 49.6 Å². The molecule has 1 aliphatic carbocycles. The lowest BCUT2D eigenvalue weighted by Gasteiger charge is -2.34. The number of nitrogens with one attached hydrogen (secondary N) is 1. The predicted octanol–water partition coefficient (Wildman–Crippen LogP) is 2.66. The van der Waals surface area contributed by atoms with Crippen molar-refractivity contribution in [3.63, 3.8) is 0 Å². The number of benzene rings is 1. The van der Waals surface area contributed by atoms with Crippen molar-refractivity contribution in [3.05, 3.63) is 35.9 Å². The van der Waals surface area contributed by atoms with Crippen LogP contribution in [0.1, 0.15) is 37.7 Å². The summed E-state index contributed by atoms with van der Waals surface area (Å²) in [6.07, 6.45) is 6.47. The molecule has 1 aromatic carbocycles. The molecule has 0 aromatic heterocycles. The minimum atomic E-state index is 0. The molecular formula is C20H34IN5. The van der Waals surface area contributed by atoms with Crippen LogP contribution in [0.3, 0.4) is 0 Å². The maximum absolute atomic E-state index is 6.04. The normalized spacial score (nSPS) is 20.5. The van der Waals surface area contributed by atoms with Gasteiger partial charge in [-0.2, -0.15) is 0 Å². The van der Waals surface area contributed by atoms with E-state index in [4.69, 9.17) is 5.73 Å². The third-order valence-corrected chi connectivity index (χ3v) is 5.37. The van der Waals surface area contributed by atoms with E-state index >= 15 is 0 Å². The highest BCUT2D eigenvalue weighted by molar-refractivity contribution is 14.0. The van der Waals surface area contributed by atoms with E-state index in [1.807, 2.05) is 0 Å². The first kappa shape index (κ1) is 21.4. The molecule has 1 saturated carbocycles. The van der Waals surface area contributed by atoms with Crippen LogP contribution in [0.5, 0.6) is 0 Å². The van der Waals surface area contributed by atoms with Crippen LogP contribution in [0.25, 0.3) is 0 Å². The summed E-state index contributed by atoms with van der Waals surface area (Å²) in [7, 11) is 0. The number of halogens is 1. The zero-order chi connectivity index (χ0) is 17.3. The summed E-state index contributed by atoms with van der Waals surface area (Å²) in [6, 6.07) is 11.3. The Labute approximate surface area is 175 Å². The lowest BCUT2D eigenvalue weighted by molar-refractivity contribution is 0.130. The Morgan fingerprint density at radius 2 is 1.65 bits per heavy atom. The van der Waals surface area contributed by atoms with E-state index in [1.54, 1.807) is 0 Å². The second kappa shape index (κ2) is 11.8. The van der Waals surface area contributed by atoms with Crippen LogP contribution in [0.15, 0.2) is 35.3 Å². The first-order chi connectivity index (χ1) is 12.3. The third-order valence-electron chi connectivity index (χ3n) is 5.37. The molecule has 146 valence electrons. The summed E-state index contributed by atoms with van der Waals surface area (Å²) in [4.78, 5) is 9.56. The zero-order valence-electron chi connectivity index (χ0n) is 15.8. The maximum Gasteiger partial charge on any atom is 0.188 e. The van der Waals surface area contributed by atoms with Crippen molar-refractivity contribution in [2.45, 2.75) is 44.7 Å². The summed E-state index contributed by atoms with van der Waals surface area (Å²) in [5.74, 6) is 0.634. The van der Waals surface area contributed by atoms with Gasteiger partial charge < -0.3 is 11.1 Å². The molecule has 0 bridgehead atoms. The average molecular weight is 471 g/mol. The monoisotopic (exact) mass is 471 g/mol. The number of hydrogen-bond donors (Lipinski definition) is 2. The lowest BCUT2D eigenvalue weighted by Crippen LogP contribution is -2.47. The SMILES string of the molecule is I.NC(=NCCN1CCN(Cc2ccccc2)CC1)NC1CCCCC1. The summed E-state index contributed by atoms with van der Waals surface area (Å²) in [5, 5.41) is 3.39. The van der Waals surface area contributed by atoms with Crippen molar-refractivity contribution >= 4 is 29.9 Å². The van der Waals surface area contributed by atoms with Crippen molar-refractivity contribution in [2.75, 3.05) is 39.3 Å². The molecule has 1 saturated heterocycles. The predicted molar refractivity (Wildman–Crippen MR) is 120 cm³/mol. The molecule has 0 amide bonds. The number of piperazine rings is 1. The molecule has 0 radical (unpaired) electrons. The van der Waals surface area contributed by atoms with Gasteiger partial charge in [0.05, 0.1) is 6.54 Å². The molecule has 1 aromatic rings. The van der Waals surface area contributed by atoms with Gasteiger partial charge in [0.2, 0.25) is 0 Å². The number of nitrogens with two attached hydrogens (primary N) is 1. The Bertz CT molecular complexity index is 522. The van der Waals surface area contributed by atoms with E-state index < -0.39 is 0 Å². The standard InChI is InChI=1S/C20H33N5.HI/c21-20(23-19-9-5-2-6-10-19)22-11-12-24-13-15-25(16-14-24)17-18-7-3-1-4-8-18;/h1,3-4,7-8,19H,2,5-6,9-17H2,(H3,21,22,23);1H. The number of hydrogen-bond acceptors (Lipinski definition) is 3. The topological polar surface area (TPSA) is 56.9 Å². The van der Waals surface area contributed by atoms with Gasteiger partial charge in [0.15, 0.2) is 5.96 Å². The Morgan fingerprint density at radius 3 is 2.35 bits per heavy atom. The summed E-state index contributed by atoms with van der Waals surface area (Å²) < 4.78 is 0. The molecule has 3 N–H and O–H groups in total. The number of aliphatic imine (C=N–C) groups is 1. The highest BCUT2D eigenvalue weighted by Crippen LogP contribution is 2.17. The van der Waals surface area contributed by atoms with E-state index in [0.29, 0.717) is 12.0 Å². The van der Waals surface area contributed by atoms with Crippen molar-refractivity contribution in [1.29, 1.82) is 0 Å². The third kappa shape index (κ3) is 7.40. The van der Waals surface area contributed by atoms with Gasteiger partial charge in [0.25, 0.3) is 0 Å². The molecule has 3 rings (SSSR count). The van der Waals surface area contributed by atoms with Crippen LogP contribution >= 0.6 is 24.0 Å².